The molecule has 0 unspecified atom stereocenters. The predicted octanol–water partition coefficient (Wildman–Crippen LogP) is 2.43. The third kappa shape index (κ3) is 3.07. The molecule has 17 heavy (non-hydrogen) atoms. The molecule has 0 aliphatic carbocycles. The Kier molecular flexibility index (Phi) is 3.77. The lowest BCUT2D eigenvalue weighted by Gasteiger charge is -2.05. The number of amides is 1. The number of phenolic OH excluding ortho intramolecular Hbond substituents is 1. The molecule has 0 bridgehead atoms. The van der Waals surface area contributed by atoms with Gasteiger partial charge in [0, 0.05) is 6.54 Å². The average molecular weight is 247 g/mol. The van der Waals surface area contributed by atoms with E-state index in [4.69, 9.17) is 0 Å². The highest BCUT2D eigenvalue weighted by molar-refractivity contribution is 7.12. The number of aromatic hydroxyl groups is 1. The lowest BCUT2D eigenvalue weighted by Crippen LogP contribution is -2.24. The van der Waals surface area contributed by atoms with E-state index in [-0.39, 0.29) is 11.7 Å². The summed E-state index contributed by atoms with van der Waals surface area (Å²) in [4.78, 5) is 12.3. The zero-order valence-electron chi connectivity index (χ0n) is 9.22. The lowest BCUT2D eigenvalue weighted by atomic mass is 10.1. The molecule has 0 aliphatic rings. The van der Waals surface area contributed by atoms with Crippen LogP contribution in [-0.4, -0.2) is 17.6 Å². The zero-order valence-corrected chi connectivity index (χ0v) is 10.0. The quantitative estimate of drug-likeness (QED) is 0.871. The number of benzene rings is 1. The highest BCUT2D eigenvalue weighted by Gasteiger charge is 2.05. The maximum absolute atomic E-state index is 11.6. The summed E-state index contributed by atoms with van der Waals surface area (Å²) in [6, 6.07) is 10.8. The first-order chi connectivity index (χ1) is 8.27. The van der Waals surface area contributed by atoms with E-state index >= 15 is 0 Å². The monoisotopic (exact) mass is 247 g/mol. The summed E-state index contributed by atoms with van der Waals surface area (Å²) in [6.45, 7) is 0.522. The van der Waals surface area contributed by atoms with Crippen molar-refractivity contribution in [3.63, 3.8) is 0 Å². The minimum Gasteiger partial charge on any atom is -0.508 e. The van der Waals surface area contributed by atoms with Gasteiger partial charge in [0.25, 0.3) is 5.91 Å². The normalized spacial score (nSPS) is 10.1. The smallest absolute Gasteiger partial charge is 0.261 e. The van der Waals surface area contributed by atoms with Crippen molar-refractivity contribution in [2.24, 2.45) is 0 Å². The number of hydrogen-bond donors (Lipinski definition) is 2. The molecule has 3 nitrogen and oxygen atoms in total. The van der Waals surface area contributed by atoms with E-state index in [1.807, 2.05) is 23.6 Å². The first kappa shape index (κ1) is 11.7. The zero-order chi connectivity index (χ0) is 12.1. The van der Waals surface area contributed by atoms with Gasteiger partial charge in [0.15, 0.2) is 0 Å². The number of phenols is 1. The van der Waals surface area contributed by atoms with Gasteiger partial charge in [0.1, 0.15) is 5.75 Å². The SMILES string of the molecule is O=C(NCCc1ccccc1O)c1cccs1. The maximum atomic E-state index is 11.6. The van der Waals surface area contributed by atoms with Gasteiger partial charge < -0.3 is 10.4 Å². The average Bonchev–Trinajstić information content (AvgIpc) is 2.85. The molecule has 0 radical (unpaired) electrons. The van der Waals surface area contributed by atoms with Gasteiger partial charge in [-0.1, -0.05) is 24.3 Å². The second-order valence-electron chi connectivity index (χ2n) is 3.61. The Morgan fingerprint density at radius 2 is 2.06 bits per heavy atom. The molecule has 1 aromatic carbocycles. The van der Waals surface area contributed by atoms with E-state index in [1.165, 1.54) is 11.3 Å². The highest BCUT2D eigenvalue weighted by Crippen LogP contribution is 2.15. The van der Waals surface area contributed by atoms with Crippen molar-refractivity contribution in [2.75, 3.05) is 6.54 Å². The molecular formula is C13H13NO2S. The Hall–Kier alpha value is -1.81. The molecule has 0 saturated heterocycles. The van der Waals surface area contributed by atoms with Gasteiger partial charge in [-0.3, -0.25) is 4.79 Å². The van der Waals surface area contributed by atoms with E-state index in [9.17, 15) is 9.90 Å². The Balaban J connectivity index is 1.84. The molecule has 1 heterocycles. The Morgan fingerprint density at radius 3 is 2.76 bits per heavy atom. The second-order valence-corrected chi connectivity index (χ2v) is 4.56. The van der Waals surface area contributed by atoms with Crippen LogP contribution in [-0.2, 0) is 6.42 Å². The van der Waals surface area contributed by atoms with E-state index in [2.05, 4.69) is 5.32 Å². The predicted molar refractivity (Wildman–Crippen MR) is 68.5 cm³/mol. The third-order valence-electron chi connectivity index (χ3n) is 2.42. The summed E-state index contributed by atoms with van der Waals surface area (Å²) in [5.41, 5.74) is 0.846. The minimum atomic E-state index is -0.0598. The summed E-state index contributed by atoms with van der Waals surface area (Å²) in [6.07, 6.45) is 0.629. The minimum absolute atomic E-state index is 0.0598. The fourth-order valence-corrected chi connectivity index (χ4v) is 2.17. The lowest BCUT2D eigenvalue weighted by molar-refractivity contribution is 0.0958. The van der Waals surface area contributed by atoms with Crippen molar-refractivity contribution in [1.29, 1.82) is 0 Å². The summed E-state index contributed by atoms with van der Waals surface area (Å²) < 4.78 is 0. The first-order valence-electron chi connectivity index (χ1n) is 5.36. The molecule has 2 aromatic rings. The summed E-state index contributed by atoms with van der Waals surface area (Å²) in [7, 11) is 0. The molecule has 88 valence electrons. The molecule has 1 amide bonds. The number of carbonyl (C=O) groups is 1. The standard InChI is InChI=1S/C13H13NO2S/c15-11-5-2-1-4-10(11)7-8-14-13(16)12-6-3-9-17-12/h1-6,9,15H,7-8H2,(H,14,16). The van der Waals surface area contributed by atoms with E-state index in [0.29, 0.717) is 17.8 Å². The van der Waals surface area contributed by atoms with Gasteiger partial charge in [0.05, 0.1) is 4.88 Å². The molecule has 0 saturated carbocycles. The van der Waals surface area contributed by atoms with Crippen LogP contribution in [0.15, 0.2) is 41.8 Å². The van der Waals surface area contributed by atoms with E-state index < -0.39 is 0 Å². The molecule has 1 aromatic heterocycles. The van der Waals surface area contributed by atoms with Gasteiger partial charge in [-0.2, -0.15) is 0 Å². The fourth-order valence-electron chi connectivity index (χ4n) is 1.53. The van der Waals surface area contributed by atoms with Crippen molar-refractivity contribution in [1.82, 2.24) is 5.32 Å². The van der Waals surface area contributed by atoms with E-state index in [1.54, 1.807) is 18.2 Å². The Labute approximate surface area is 104 Å². The van der Waals surface area contributed by atoms with Crippen molar-refractivity contribution >= 4 is 17.2 Å². The highest BCUT2D eigenvalue weighted by atomic mass is 32.1. The number of rotatable bonds is 4. The van der Waals surface area contributed by atoms with Crippen molar-refractivity contribution < 1.29 is 9.90 Å². The number of thiophene rings is 1. The molecule has 2 N–H and O–H groups in total. The number of para-hydroxylation sites is 1. The van der Waals surface area contributed by atoms with Gasteiger partial charge >= 0.3 is 0 Å². The van der Waals surface area contributed by atoms with Crippen LogP contribution in [0, 0.1) is 0 Å². The van der Waals surface area contributed by atoms with Crippen molar-refractivity contribution in [3.05, 3.63) is 52.2 Å². The van der Waals surface area contributed by atoms with Crippen molar-refractivity contribution in [2.45, 2.75) is 6.42 Å². The Morgan fingerprint density at radius 1 is 1.24 bits per heavy atom. The fraction of sp³-hybridized carbons (Fsp3) is 0.154. The largest absolute Gasteiger partial charge is 0.508 e. The summed E-state index contributed by atoms with van der Waals surface area (Å²) in [5, 5.41) is 14.2. The van der Waals surface area contributed by atoms with Crippen LogP contribution in [0.1, 0.15) is 15.2 Å². The number of carbonyl (C=O) groups excluding carboxylic acids is 1. The topological polar surface area (TPSA) is 49.3 Å². The van der Waals surface area contributed by atoms with E-state index in [0.717, 1.165) is 5.56 Å². The van der Waals surface area contributed by atoms with Crippen molar-refractivity contribution in [3.8, 4) is 5.75 Å². The molecular weight excluding hydrogens is 234 g/mol. The summed E-state index contributed by atoms with van der Waals surface area (Å²) in [5.74, 6) is 0.216. The molecule has 0 fully saturated rings. The van der Waals surface area contributed by atoms with Gasteiger partial charge in [-0.05, 0) is 29.5 Å². The molecule has 0 spiro atoms. The van der Waals surface area contributed by atoms with Crippen LogP contribution in [0.5, 0.6) is 5.75 Å². The molecule has 2 rings (SSSR count). The first-order valence-corrected chi connectivity index (χ1v) is 6.24. The molecule has 0 aliphatic heterocycles. The van der Waals surface area contributed by atoms with Crippen LogP contribution >= 0.6 is 11.3 Å². The van der Waals surface area contributed by atoms with Gasteiger partial charge in [-0.25, -0.2) is 0 Å². The van der Waals surface area contributed by atoms with Gasteiger partial charge in [0.2, 0.25) is 0 Å². The second kappa shape index (κ2) is 5.50. The molecule has 0 atom stereocenters. The van der Waals surface area contributed by atoms with Gasteiger partial charge in [-0.15, -0.1) is 11.3 Å². The van der Waals surface area contributed by atoms with Crippen LogP contribution in [0.25, 0.3) is 0 Å². The maximum Gasteiger partial charge on any atom is 0.261 e. The number of hydrogen-bond acceptors (Lipinski definition) is 3. The van der Waals surface area contributed by atoms with Crippen LogP contribution < -0.4 is 5.32 Å². The molecule has 4 heteroatoms. The number of nitrogens with one attached hydrogen (secondary N) is 1. The van der Waals surface area contributed by atoms with Crippen LogP contribution in [0.4, 0.5) is 0 Å². The summed E-state index contributed by atoms with van der Waals surface area (Å²) >= 11 is 1.42. The van der Waals surface area contributed by atoms with Crippen LogP contribution in [0.2, 0.25) is 0 Å². The van der Waals surface area contributed by atoms with Crippen LogP contribution in [0.3, 0.4) is 0 Å². The third-order valence-corrected chi connectivity index (χ3v) is 3.29. The Bertz CT molecular complexity index is 494.